The van der Waals surface area contributed by atoms with Gasteiger partial charge in [0, 0.05) is 24.5 Å². The topological polar surface area (TPSA) is 58.2 Å². The maximum Gasteiger partial charge on any atom is 0.224 e. The lowest BCUT2D eigenvalue weighted by Crippen LogP contribution is -2.31. The van der Waals surface area contributed by atoms with Crippen LogP contribution in [-0.4, -0.2) is 18.4 Å². The first kappa shape index (κ1) is 17.0. The van der Waals surface area contributed by atoms with E-state index in [1.165, 1.54) is 0 Å². The summed E-state index contributed by atoms with van der Waals surface area (Å²) in [5.41, 5.74) is 1.90. The molecule has 4 nitrogen and oxygen atoms in total. The number of nitrogens with one attached hydrogen (secondary N) is 2. The molecule has 120 valence electrons. The van der Waals surface area contributed by atoms with Crippen LogP contribution in [0.1, 0.15) is 17.5 Å². The van der Waals surface area contributed by atoms with Crippen LogP contribution in [0.25, 0.3) is 0 Å². The Morgan fingerprint density at radius 1 is 0.870 bits per heavy atom. The molecule has 2 N–H and O–H groups in total. The van der Waals surface area contributed by atoms with Crippen LogP contribution < -0.4 is 10.6 Å². The predicted octanol–water partition coefficient (Wildman–Crippen LogP) is 2.71. The monoisotopic (exact) mass is 330 g/mol. The van der Waals surface area contributed by atoms with Crippen molar-refractivity contribution in [3.8, 4) is 0 Å². The Morgan fingerprint density at radius 3 is 2.35 bits per heavy atom. The molecule has 0 bridgehead atoms. The summed E-state index contributed by atoms with van der Waals surface area (Å²) in [6.07, 6.45) is 0.575. The Balaban J connectivity index is 1.63. The van der Waals surface area contributed by atoms with Gasteiger partial charge in [0.05, 0.1) is 6.42 Å². The quantitative estimate of drug-likeness (QED) is 0.820. The third kappa shape index (κ3) is 6.53. The highest BCUT2D eigenvalue weighted by atomic mass is 35.5. The van der Waals surface area contributed by atoms with Crippen LogP contribution in [0.4, 0.5) is 0 Å². The van der Waals surface area contributed by atoms with E-state index in [-0.39, 0.29) is 18.2 Å². The maximum absolute atomic E-state index is 11.8. The number of benzene rings is 2. The van der Waals surface area contributed by atoms with Gasteiger partial charge in [-0.3, -0.25) is 9.59 Å². The summed E-state index contributed by atoms with van der Waals surface area (Å²) in [7, 11) is 0. The molecule has 0 heterocycles. The molecule has 5 heteroatoms. The van der Waals surface area contributed by atoms with Crippen molar-refractivity contribution in [2.75, 3.05) is 6.54 Å². The average Bonchev–Trinajstić information content (AvgIpc) is 2.54. The maximum atomic E-state index is 11.8. The second kappa shape index (κ2) is 8.96. The molecule has 0 atom stereocenters. The lowest BCUT2D eigenvalue weighted by Gasteiger charge is -2.07. The number of carbonyl (C=O) groups excluding carboxylic acids is 2. The number of carbonyl (C=O) groups is 2. The van der Waals surface area contributed by atoms with Crippen molar-refractivity contribution >= 4 is 23.4 Å². The third-order valence-electron chi connectivity index (χ3n) is 3.26. The fraction of sp³-hybridized carbons (Fsp3) is 0.222. The van der Waals surface area contributed by atoms with Gasteiger partial charge in [-0.2, -0.15) is 0 Å². The van der Waals surface area contributed by atoms with Gasteiger partial charge < -0.3 is 10.6 Å². The van der Waals surface area contributed by atoms with E-state index in [2.05, 4.69) is 10.6 Å². The molecular formula is C18H19ClN2O2. The third-order valence-corrected chi connectivity index (χ3v) is 3.50. The summed E-state index contributed by atoms with van der Waals surface area (Å²) >= 11 is 5.88. The van der Waals surface area contributed by atoms with Crippen molar-refractivity contribution in [3.63, 3.8) is 0 Å². The predicted molar refractivity (Wildman–Crippen MR) is 91.1 cm³/mol. The zero-order valence-electron chi connectivity index (χ0n) is 12.7. The highest BCUT2D eigenvalue weighted by molar-refractivity contribution is 6.30. The van der Waals surface area contributed by atoms with Crippen LogP contribution in [0, 0.1) is 0 Å². The smallest absolute Gasteiger partial charge is 0.224 e. The molecule has 0 radical (unpaired) electrons. The summed E-state index contributed by atoms with van der Waals surface area (Å²) in [5, 5.41) is 6.19. The zero-order chi connectivity index (χ0) is 16.5. The van der Waals surface area contributed by atoms with Crippen LogP contribution >= 0.6 is 11.6 Å². The zero-order valence-corrected chi connectivity index (χ0v) is 13.5. The molecule has 0 aliphatic rings. The van der Waals surface area contributed by atoms with E-state index in [1.807, 2.05) is 48.5 Å². The van der Waals surface area contributed by atoms with E-state index in [9.17, 15) is 9.59 Å². The minimum absolute atomic E-state index is 0.0844. The van der Waals surface area contributed by atoms with E-state index < -0.39 is 0 Å². The molecule has 2 amide bonds. The minimum Gasteiger partial charge on any atom is -0.355 e. The standard InChI is InChI=1S/C18H19ClN2O2/c19-16-8-4-7-15(11-16)13-21-17(22)9-10-20-18(23)12-14-5-2-1-3-6-14/h1-8,11H,9-10,12-13H2,(H,20,23)(H,21,22). The molecule has 0 saturated heterocycles. The van der Waals surface area contributed by atoms with Gasteiger partial charge in [-0.25, -0.2) is 0 Å². The number of rotatable bonds is 7. The van der Waals surface area contributed by atoms with E-state index in [1.54, 1.807) is 6.07 Å². The van der Waals surface area contributed by atoms with Crippen molar-refractivity contribution in [2.24, 2.45) is 0 Å². The lowest BCUT2D eigenvalue weighted by molar-refractivity contribution is -0.122. The van der Waals surface area contributed by atoms with Gasteiger partial charge in [-0.15, -0.1) is 0 Å². The van der Waals surface area contributed by atoms with Gasteiger partial charge in [0.2, 0.25) is 11.8 Å². The average molecular weight is 331 g/mol. The van der Waals surface area contributed by atoms with Crippen molar-refractivity contribution < 1.29 is 9.59 Å². The van der Waals surface area contributed by atoms with Crippen molar-refractivity contribution in [3.05, 3.63) is 70.7 Å². The highest BCUT2D eigenvalue weighted by Gasteiger charge is 2.05. The SMILES string of the molecule is O=C(CCNC(=O)Cc1ccccc1)NCc1cccc(Cl)c1. The van der Waals surface area contributed by atoms with Gasteiger partial charge in [-0.05, 0) is 23.3 Å². The summed E-state index contributed by atoms with van der Waals surface area (Å²) in [4.78, 5) is 23.5. The normalized spacial score (nSPS) is 10.1. The van der Waals surface area contributed by atoms with Crippen LogP contribution in [0.3, 0.4) is 0 Å². The van der Waals surface area contributed by atoms with Crippen LogP contribution in [0.15, 0.2) is 54.6 Å². The highest BCUT2D eigenvalue weighted by Crippen LogP contribution is 2.10. The van der Waals surface area contributed by atoms with Crippen LogP contribution in [0.5, 0.6) is 0 Å². The van der Waals surface area contributed by atoms with Gasteiger partial charge >= 0.3 is 0 Å². The Bertz CT molecular complexity index is 659. The molecule has 2 aromatic rings. The first-order valence-electron chi connectivity index (χ1n) is 7.45. The van der Waals surface area contributed by atoms with E-state index in [0.717, 1.165) is 11.1 Å². The molecule has 0 unspecified atom stereocenters. The van der Waals surface area contributed by atoms with Crippen LogP contribution in [0.2, 0.25) is 5.02 Å². The molecule has 0 aliphatic carbocycles. The van der Waals surface area contributed by atoms with Crippen molar-refractivity contribution in [1.82, 2.24) is 10.6 Å². The molecular weight excluding hydrogens is 312 g/mol. The molecule has 0 aliphatic heterocycles. The van der Waals surface area contributed by atoms with Gasteiger partial charge in [0.25, 0.3) is 0 Å². The molecule has 0 aromatic heterocycles. The second-order valence-electron chi connectivity index (χ2n) is 5.17. The largest absolute Gasteiger partial charge is 0.355 e. The summed E-state index contributed by atoms with van der Waals surface area (Å²) in [6.45, 7) is 0.754. The van der Waals surface area contributed by atoms with Gasteiger partial charge in [0.1, 0.15) is 0 Å². The van der Waals surface area contributed by atoms with E-state index in [0.29, 0.717) is 24.5 Å². The number of amides is 2. The summed E-state index contributed by atoms with van der Waals surface area (Å²) in [5.74, 6) is -0.191. The molecule has 2 aromatic carbocycles. The van der Waals surface area contributed by atoms with Crippen LogP contribution in [-0.2, 0) is 22.6 Å². The summed E-state index contributed by atoms with van der Waals surface area (Å²) < 4.78 is 0. The Labute approximate surface area is 140 Å². The lowest BCUT2D eigenvalue weighted by atomic mass is 10.1. The summed E-state index contributed by atoms with van der Waals surface area (Å²) in [6, 6.07) is 16.8. The Morgan fingerprint density at radius 2 is 1.61 bits per heavy atom. The molecule has 23 heavy (non-hydrogen) atoms. The second-order valence-corrected chi connectivity index (χ2v) is 5.61. The van der Waals surface area contributed by atoms with E-state index >= 15 is 0 Å². The minimum atomic E-state index is -0.106. The molecule has 0 spiro atoms. The fourth-order valence-electron chi connectivity index (χ4n) is 2.10. The molecule has 0 saturated carbocycles. The number of hydrogen-bond acceptors (Lipinski definition) is 2. The van der Waals surface area contributed by atoms with Gasteiger partial charge in [-0.1, -0.05) is 54.1 Å². The Kier molecular flexibility index (Phi) is 6.63. The Hall–Kier alpha value is -2.33. The van der Waals surface area contributed by atoms with E-state index in [4.69, 9.17) is 11.6 Å². The number of hydrogen-bond donors (Lipinski definition) is 2. The van der Waals surface area contributed by atoms with Crippen molar-refractivity contribution in [2.45, 2.75) is 19.4 Å². The first-order valence-corrected chi connectivity index (χ1v) is 7.83. The molecule has 2 rings (SSSR count). The fourth-order valence-corrected chi connectivity index (χ4v) is 2.31. The number of halogens is 1. The van der Waals surface area contributed by atoms with Crippen molar-refractivity contribution in [1.29, 1.82) is 0 Å². The first-order chi connectivity index (χ1) is 11.1. The van der Waals surface area contributed by atoms with Gasteiger partial charge in [0.15, 0.2) is 0 Å². The molecule has 0 fully saturated rings.